The molecule has 0 aliphatic carbocycles. The summed E-state index contributed by atoms with van der Waals surface area (Å²) >= 11 is 0. The fraction of sp³-hybridized carbons (Fsp3) is 1.00. The molecule has 0 radical (unpaired) electrons. The zero-order chi connectivity index (χ0) is 15.3. The van der Waals surface area contributed by atoms with Crippen LogP contribution in [0.3, 0.4) is 0 Å². The van der Waals surface area contributed by atoms with Crippen LogP contribution in [0.5, 0.6) is 0 Å². The molecular weight excluding hydrogens is 274 g/mol. The second-order valence-corrected chi connectivity index (χ2v) is 8.65. The fourth-order valence-corrected chi connectivity index (χ4v) is 4.25. The Morgan fingerprint density at radius 2 is 1.95 bits per heavy atom. The first-order valence-corrected chi connectivity index (χ1v) is 9.08. The van der Waals surface area contributed by atoms with Crippen LogP contribution in [0.1, 0.15) is 40.5 Å². The third kappa shape index (κ3) is 5.31. The summed E-state index contributed by atoms with van der Waals surface area (Å²) in [6, 6.07) is 0.450. The zero-order valence-corrected chi connectivity index (χ0v) is 14.4. The molecule has 0 aromatic rings. The van der Waals surface area contributed by atoms with Crippen molar-refractivity contribution in [3.05, 3.63) is 0 Å². The Balaban J connectivity index is 2.61. The molecule has 0 amide bonds. The lowest BCUT2D eigenvalue weighted by Crippen LogP contribution is -2.49. The molecule has 1 atom stereocenters. The number of piperidine rings is 1. The predicted molar refractivity (Wildman–Crippen MR) is 83.8 cm³/mol. The number of nitrogens with zero attached hydrogens (tertiary/aromatic N) is 2. The summed E-state index contributed by atoms with van der Waals surface area (Å²) in [7, 11) is -1.60. The van der Waals surface area contributed by atoms with Crippen LogP contribution < -0.4 is 5.32 Å². The van der Waals surface area contributed by atoms with E-state index in [4.69, 9.17) is 0 Å². The van der Waals surface area contributed by atoms with Crippen LogP contribution in [-0.2, 0) is 10.2 Å². The molecule has 1 aliphatic rings. The smallest absolute Gasteiger partial charge is 0.281 e. The molecule has 1 aliphatic heterocycles. The summed E-state index contributed by atoms with van der Waals surface area (Å²) in [6.45, 7) is 11.1. The van der Waals surface area contributed by atoms with Gasteiger partial charge in [-0.3, -0.25) is 0 Å². The van der Waals surface area contributed by atoms with Gasteiger partial charge >= 0.3 is 0 Å². The monoisotopic (exact) mass is 305 g/mol. The van der Waals surface area contributed by atoms with Crippen LogP contribution in [-0.4, -0.2) is 56.3 Å². The van der Waals surface area contributed by atoms with Crippen molar-refractivity contribution in [2.75, 3.05) is 33.2 Å². The molecular formula is C14H31N3O2S. The van der Waals surface area contributed by atoms with E-state index in [0.29, 0.717) is 37.5 Å². The summed E-state index contributed by atoms with van der Waals surface area (Å²) in [6.07, 6.45) is 2.07. The molecule has 5 nitrogen and oxygen atoms in total. The first-order valence-electron chi connectivity index (χ1n) is 7.68. The normalized spacial score (nSPS) is 22.1. The van der Waals surface area contributed by atoms with Gasteiger partial charge < -0.3 is 5.32 Å². The van der Waals surface area contributed by atoms with Gasteiger partial charge in [-0.25, -0.2) is 0 Å². The molecule has 0 bridgehead atoms. The van der Waals surface area contributed by atoms with Gasteiger partial charge in [-0.05, 0) is 31.2 Å². The molecule has 1 saturated heterocycles. The second-order valence-electron chi connectivity index (χ2n) is 6.61. The molecule has 0 spiro atoms. The van der Waals surface area contributed by atoms with Crippen molar-refractivity contribution in [2.24, 2.45) is 11.8 Å². The average Bonchev–Trinajstić information content (AvgIpc) is 2.35. The first-order chi connectivity index (χ1) is 9.23. The summed E-state index contributed by atoms with van der Waals surface area (Å²) in [4.78, 5) is 0. The molecule has 6 heteroatoms. The molecule has 1 fully saturated rings. The van der Waals surface area contributed by atoms with Gasteiger partial charge in [0.25, 0.3) is 10.2 Å². The summed E-state index contributed by atoms with van der Waals surface area (Å²) in [5.74, 6) is 0.770. The van der Waals surface area contributed by atoms with Gasteiger partial charge in [0, 0.05) is 32.7 Å². The van der Waals surface area contributed by atoms with Crippen molar-refractivity contribution < 1.29 is 8.42 Å². The quantitative estimate of drug-likeness (QED) is 0.776. The molecule has 1 unspecified atom stereocenters. The number of rotatable bonds is 7. The first kappa shape index (κ1) is 17.9. The van der Waals surface area contributed by atoms with Gasteiger partial charge in [-0.1, -0.05) is 27.7 Å². The Hall–Kier alpha value is -0.170. The van der Waals surface area contributed by atoms with Gasteiger partial charge in [-0.15, -0.1) is 0 Å². The van der Waals surface area contributed by atoms with E-state index in [1.165, 1.54) is 4.31 Å². The van der Waals surface area contributed by atoms with Crippen molar-refractivity contribution in [1.82, 2.24) is 13.9 Å². The maximum atomic E-state index is 12.5. The SMILES string of the molecule is CC(C)CN(C)S(=O)(=O)N1CCCC(CNC(C)C)C1. The van der Waals surface area contributed by atoms with Gasteiger partial charge in [-0.2, -0.15) is 17.0 Å². The summed E-state index contributed by atoms with van der Waals surface area (Å²) in [5, 5.41) is 3.41. The summed E-state index contributed by atoms with van der Waals surface area (Å²) < 4.78 is 28.2. The molecule has 1 rings (SSSR count). The fourth-order valence-electron chi connectivity index (χ4n) is 2.61. The van der Waals surface area contributed by atoms with Gasteiger partial charge in [0.15, 0.2) is 0 Å². The zero-order valence-electron chi connectivity index (χ0n) is 13.6. The number of hydrogen-bond acceptors (Lipinski definition) is 3. The maximum absolute atomic E-state index is 12.5. The Kier molecular flexibility index (Phi) is 6.91. The van der Waals surface area contributed by atoms with E-state index >= 15 is 0 Å². The lowest BCUT2D eigenvalue weighted by molar-refractivity contribution is 0.241. The van der Waals surface area contributed by atoms with Crippen molar-refractivity contribution in [3.63, 3.8) is 0 Å². The average molecular weight is 305 g/mol. The van der Waals surface area contributed by atoms with Crippen molar-refractivity contribution in [1.29, 1.82) is 0 Å². The minimum Gasteiger partial charge on any atom is -0.314 e. The van der Waals surface area contributed by atoms with Crippen molar-refractivity contribution in [3.8, 4) is 0 Å². The van der Waals surface area contributed by atoms with Crippen LogP contribution in [0, 0.1) is 11.8 Å². The predicted octanol–water partition coefficient (Wildman–Crippen LogP) is 1.53. The standard InChI is InChI=1S/C14H31N3O2S/c1-12(2)10-16(5)20(18,19)17-8-6-7-14(11-17)9-15-13(3)4/h12-15H,6-11H2,1-5H3. The molecule has 20 heavy (non-hydrogen) atoms. The molecule has 0 aromatic heterocycles. The van der Waals surface area contributed by atoms with Crippen LogP contribution in [0.2, 0.25) is 0 Å². The lowest BCUT2D eigenvalue weighted by Gasteiger charge is -2.35. The Labute approximate surface area is 124 Å². The third-order valence-electron chi connectivity index (χ3n) is 3.64. The maximum Gasteiger partial charge on any atom is 0.281 e. The highest BCUT2D eigenvalue weighted by Gasteiger charge is 2.31. The lowest BCUT2D eigenvalue weighted by atomic mass is 9.99. The molecule has 1 N–H and O–H groups in total. The van der Waals surface area contributed by atoms with E-state index in [0.717, 1.165) is 19.4 Å². The van der Waals surface area contributed by atoms with Crippen LogP contribution in [0.4, 0.5) is 0 Å². The highest BCUT2D eigenvalue weighted by molar-refractivity contribution is 7.86. The van der Waals surface area contributed by atoms with Crippen LogP contribution in [0.25, 0.3) is 0 Å². The second kappa shape index (κ2) is 7.73. The van der Waals surface area contributed by atoms with Crippen molar-refractivity contribution in [2.45, 2.75) is 46.6 Å². The van der Waals surface area contributed by atoms with Gasteiger partial charge in [0.05, 0.1) is 0 Å². The molecule has 0 aromatic carbocycles. The largest absolute Gasteiger partial charge is 0.314 e. The van der Waals surface area contributed by atoms with Gasteiger partial charge in [0.1, 0.15) is 0 Å². The highest BCUT2D eigenvalue weighted by atomic mass is 32.2. The van der Waals surface area contributed by atoms with Crippen LogP contribution in [0.15, 0.2) is 0 Å². The summed E-state index contributed by atoms with van der Waals surface area (Å²) in [5.41, 5.74) is 0. The van der Waals surface area contributed by atoms with E-state index < -0.39 is 10.2 Å². The topological polar surface area (TPSA) is 52.7 Å². The number of hydrogen-bond donors (Lipinski definition) is 1. The minimum absolute atomic E-state index is 0.345. The molecule has 0 saturated carbocycles. The van der Waals surface area contributed by atoms with Crippen molar-refractivity contribution >= 4 is 10.2 Å². The molecule has 120 valence electrons. The van der Waals surface area contributed by atoms with E-state index in [-0.39, 0.29) is 0 Å². The van der Waals surface area contributed by atoms with E-state index in [2.05, 4.69) is 19.2 Å². The highest BCUT2D eigenvalue weighted by Crippen LogP contribution is 2.20. The Morgan fingerprint density at radius 3 is 2.50 bits per heavy atom. The van der Waals surface area contributed by atoms with Crippen LogP contribution >= 0.6 is 0 Å². The Morgan fingerprint density at radius 1 is 1.30 bits per heavy atom. The Bertz CT molecular complexity index is 382. The number of nitrogens with one attached hydrogen (secondary N) is 1. The molecule has 1 heterocycles. The van der Waals surface area contributed by atoms with E-state index in [9.17, 15) is 8.42 Å². The van der Waals surface area contributed by atoms with E-state index in [1.807, 2.05) is 13.8 Å². The van der Waals surface area contributed by atoms with E-state index in [1.54, 1.807) is 11.4 Å². The third-order valence-corrected chi connectivity index (χ3v) is 5.56. The minimum atomic E-state index is -3.29. The van der Waals surface area contributed by atoms with Gasteiger partial charge in [0.2, 0.25) is 0 Å².